The van der Waals surface area contributed by atoms with E-state index in [-0.39, 0.29) is 12.3 Å². The van der Waals surface area contributed by atoms with E-state index in [0.29, 0.717) is 12.5 Å². The number of hydrogen-bond acceptors (Lipinski definition) is 2. The molecule has 0 bridgehead atoms. The van der Waals surface area contributed by atoms with E-state index < -0.39 is 16.8 Å². The molecule has 0 rings (SSSR count). The second-order valence-electron chi connectivity index (χ2n) is 6.18. The Morgan fingerprint density at radius 1 is 1.18 bits per heavy atom. The predicted octanol–water partition coefficient (Wildman–Crippen LogP) is 2.29. The van der Waals surface area contributed by atoms with Gasteiger partial charge in [-0.05, 0) is 11.3 Å². The summed E-state index contributed by atoms with van der Waals surface area (Å²) in [5, 5.41) is 11.8. The zero-order valence-corrected chi connectivity index (χ0v) is 11.8. The zero-order valence-electron chi connectivity index (χ0n) is 11.8. The van der Waals surface area contributed by atoms with Gasteiger partial charge in [-0.25, -0.2) is 0 Å². The highest BCUT2D eigenvalue weighted by molar-refractivity contribution is 5.83. The Morgan fingerprint density at radius 3 is 2.00 bits per heavy atom. The van der Waals surface area contributed by atoms with E-state index in [0.717, 1.165) is 0 Å². The van der Waals surface area contributed by atoms with Crippen LogP contribution in [0, 0.1) is 16.7 Å². The maximum Gasteiger partial charge on any atom is 0.303 e. The summed E-state index contributed by atoms with van der Waals surface area (Å²) in [6.07, 6.45) is -0.0188. The van der Waals surface area contributed by atoms with Crippen LogP contribution in [0.1, 0.15) is 48.0 Å². The fourth-order valence-electron chi connectivity index (χ4n) is 1.42. The maximum absolute atomic E-state index is 12.1. The zero-order chi connectivity index (χ0) is 13.9. The lowest BCUT2D eigenvalue weighted by Crippen LogP contribution is -2.48. The highest BCUT2D eigenvalue weighted by Crippen LogP contribution is 2.41. The summed E-state index contributed by atoms with van der Waals surface area (Å²) in [6, 6.07) is 0. The average molecular weight is 243 g/mol. The Bertz CT molecular complexity index is 293. The van der Waals surface area contributed by atoms with Crippen molar-refractivity contribution in [3.8, 4) is 0 Å². The molecule has 0 saturated carbocycles. The van der Waals surface area contributed by atoms with E-state index in [1.165, 1.54) is 0 Å². The molecule has 1 amide bonds. The highest BCUT2D eigenvalue weighted by Gasteiger charge is 2.44. The van der Waals surface area contributed by atoms with Gasteiger partial charge in [0.05, 0.1) is 6.42 Å². The van der Waals surface area contributed by atoms with E-state index in [1.807, 2.05) is 27.7 Å². The summed E-state index contributed by atoms with van der Waals surface area (Å²) >= 11 is 0. The molecule has 0 unspecified atom stereocenters. The molecular formula is C13H25NO3. The van der Waals surface area contributed by atoms with Crippen LogP contribution in [0.3, 0.4) is 0 Å². The van der Waals surface area contributed by atoms with Crippen molar-refractivity contribution in [3.63, 3.8) is 0 Å². The normalized spacial score (nSPS) is 12.6. The van der Waals surface area contributed by atoms with Gasteiger partial charge in [-0.15, -0.1) is 0 Å². The molecular weight excluding hydrogens is 218 g/mol. The molecule has 4 heteroatoms. The first-order valence-corrected chi connectivity index (χ1v) is 6.01. The van der Waals surface area contributed by atoms with Crippen LogP contribution in [-0.4, -0.2) is 23.5 Å². The predicted molar refractivity (Wildman–Crippen MR) is 67.7 cm³/mol. The van der Waals surface area contributed by atoms with Gasteiger partial charge in [0.1, 0.15) is 0 Å². The smallest absolute Gasteiger partial charge is 0.303 e. The highest BCUT2D eigenvalue weighted by atomic mass is 16.4. The second kappa shape index (κ2) is 5.52. The fraction of sp³-hybridized carbons (Fsp3) is 0.846. The van der Waals surface area contributed by atoms with Crippen LogP contribution >= 0.6 is 0 Å². The van der Waals surface area contributed by atoms with Gasteiger partial charge in [0.2, 0.25) is 5.91 Å². The molecule has 0 fully saturated rings. The van der Waals surface area contributed by atoms with E-state index in [1.54, 1.807) is 13.8 Å². The minimum atomic E-state index is -0.875. The fourth-order valence-corrected chi connectivity index (χ4v) is 1.42. The van der Waals surface area contributed by atoms with Crippen molar-refractivity contribution in [2.75, 3.05) is 6.54 Å². The maximum atomic E-state index is 12.1. The van der Waals surface area contributed by atoms with Crippen molar-refractivity contribution in [2.24, 2.45) is 16.7 Å². The van der Waals surface area contributed by atoms with Gasteiger partial charge in [0.15, 0.2) is 0 Å². The summed E-state index contributed by atoms with van der Waals surface area (Å²) in [5.74, 6) is -0.575. The van der Waals surface area contributed by atoms with Crippen molar-refractivity contribution < 1.29 is 14.7 Å². The number of carboxylic acid groups (broad SMARTS) is 1. The Morgan fingerprint density at radius 2 is 1.65 bits per heavy atom. The van der Waals surface area contributed by atoms with Crippen molar-refractivity contribution in [1.29, 1.82) is 0 Å². The van der Waals surface area contributed by atoms with E-state index in [4.69, 9.17) is 5.11 Å². The molecule has 2 N–H and O–H groups in total. The van der Waals surface area contributed by atoms with Crippen molar-refractivity contribution in [1.82, 2.24) is 5.32 Å². The van der Waals surface area contributed by atoms with Crippen molar-refractivity contribution in [3.05, 3.63) is 0 Å². The van der Waals surface area contributed by atoms with E-state index in [2.05, 4.69) is 5.32 Å². The molecule has 0 aromatic heterocycles. The molecule has 0 aromatic rings. The third kappa shape index (κ3) is 4.36. The molecule has 0 atom stereocenters. The third-order valence-corrected chi connectivity index (χ3v) is 3.52. The molecule has 17 heavy (non-hydrogen) atoms. The first-order valence-electron chi connectivity index (χ1n) is 6.01. The molecule has 100 valence electrons. The van der Waals surface area contributed by atoms with Crippen LogP contribution in [0.4, 0.5) is 0 Å². The summed E-state index contributed by atoms with van der Waals surface area (Å²) in [5.41, 5.74) is -1.29. The van der Waals surface area contributed by atoms with Gasteiger partial charge >= 0.3 is 5.97 Å². The van der Waals surface area contributed by atoms with Gasteiger partial charge in [0, 0.05) is 12.0 Å². The average Bonchev–Trinajstić information content (AvgIpc) is 2.11. The molecule has 0 saturated heterocycles. The van der Waals surface area contributed by atoms with Gasteiger partial charge < -0.3 is 10.4 Å². The van der Waals surface area contributed by atoms with Gasteiger partial charge in [0.25, 0.3) is 0 Å². The monoisotopic (exact) mass is 243 g/mol. The quantitative estimate of drug-likeness (QED) is 0.752. The van der Waals surface area contributed by atoms with Crippen LogP contribution in [0.5, 0.6) is 0 Å². The number of carbonyl (C=O) groups excluding carboxylic acids is 1. The Kier molecular flexibility index (Phi) is 5.17. The number of rotatable bonds is 6. The van der Waals surface area contributed by atoms with Crippen molar-refractivity contribution >= 4 is 11.9 Å². The first-order chi connectivity index (χ1) is 7.50. The van der Waals surface area contributed by atoms with Gasteiger partial charge in [-0.3, -0.25) is 9.59 Å². The Hall–Kier alpha value is -1.06. The van der Waals surface area contributed by atoms with E-state index >= 15 is 0 Å². The van der Waals surface area contributed by atoms with Crippen molar-refractivity contribution in [2.45, 2.75) is 48.0 Å². The molecule has 0 aromatic carbocycles. The largest absolute Gasteiger partial charge is 0.481 e. The standard InChI is InChI=1S/C13H25NO3/c1-9(2)8-14-11(17)13(5,6)12(3,4)7-10(15)16/h9H,7-8H2,1-6H3,(H,14,17)(H,15,16). The molecule has 0 heterocycles. The molecule has 0 aliphatic carbocycles. The van der Waals surface area contributed by atoms with Crippen LogP contribution in [0.25, 0.3) is 0 Å². The summed E-state index contributed by atoms with van der Waals surface area (Å²) in [6.45, 7) is 11.9. The summed E-state index contributed by atoms with van der Waals surface area (Å²) in [7, 11) is 0. The molecule has 0 radical (unpaired) electrons. The lowest BCUT2D eigenvalue weighted by molar-refractivity contribution is -0.145. The second-order valence-corrected chi connectivity index (χ2v) is 6.18. The number of amides is 1. The summed E-state index contributed by atoms with van der Waals surface area (Å²) in [4.78, 5) is 22.9. The number of carboxylic acids is 1. The van der Waals surface area contributed by atoms with Crippen LogP contribution < -0.4 is 5.32 Å². The van der Waals surface area contributed by atoms with Crippen LogP contribution in [0.15, 0.2) is 0 Å². The third-order valence-electron chi connectivity index (χ3n) is 3.52. The van der Waals surface area contributed by atoms with Gasteiger partial charge in [-0.1, -0.05) is 41.5 Å². The van der Waals surface area contributed by atoms with Crippen LogP contribution in [0.2, 0.25) is 0 Å². The first kappa shape index (κ1) is 15.9. The molecule has 0 aliphatic heterocycles. The molecule has 0 spiro atoms. The minimum absolute atomic E-state index is 0.0188. The molecule has 0 aliphatic rings. The van der Waals surface area contributed by atoms with E-state index in [9.17, 15) is 9.59 Å². The lowest BCUT2D eigenvalue weighted by atomic mass is 9.65. The summed E-state index contributed by atoms with van der Waals surface area (Å²) < 4.78 is 0. The van der Waals surface area contributed by atoms with Crippen LogP contribution in [-0.2, 0) is 9.59 Å². The Balaban J connectivity index is 4.73. The molecule has 4 nitrogen and oxygen atoms in total. The Labute approximate surface area is 104 Å². The lowest BCUT2D eigenvalue weighted by Gasteiger charge is -2.39. The number of hydrogen-bond donors (Lipinski definition) is 2. The number of aliphatic carboxylic acids is 1. The minimum Gasteiger partial charge on any atom is -0.481 e. The topological polar surface area (TPSA) is 66.4 Å². The SMILES string of the molecule is CC(C)CNC(=O)C(C)(C)C(C)(C)CC(=O)O. The van der Waals surface area contributed by atoms with Gasteiger partial charge in [-0.2, -0.15) is 0 Å². The number of nitrogens with one attached hydrogen (secondary N) is 1. The number of carbonyl (C=O) groups is 2.